The summed E-state index contributed by atoms with van der Waals surface area (Å²) in [6.07, 6.45) is 2.22. The lowest BCUT2D eigenvalue weighted by molar-refractivity contribution is -0.116. The van der Waals surface area contributed by atoms with Crippen molar-refractivity contribution in [3.63, 3.8) is 0 Å². The van der Waals surface area contributed by atoms with Crippen molar-refractivity contribution in [3.8, 4) is 11.3 Å². The van der Waals surface area contributed by atoms with Crippen molar-refractivity contribution in [2.45, 2.75) is 30.4 Å². The maximum absolute atomic E-state index is 13.5. The van der Waals surface area contributed by atoms with E-state index >= 15 is 0 Å². The number of nitrogens with one attached hydrogen (secondary N) is 3. The molecule has 3 N–H and O–H groups in total. The van der Waals surface area contributed by atoms with E-state index in [0.29, 0.717) is 22.8 Å². The van der Waals surface area contributed by atoms with Crippen molar-refractivity contribution < 1.29 is 14.4 Å². The van der Waals surface area contributed by atoms with E-state index in [-0.39, 0.29) is 16.9 Å². The topological polar surface area (TPSA) is 100 Å². The number of amides is 3. The molecule has 4 aromatic carbocycles. The van der Waals surface area contributed by atoms with Crippen LogP contribution in [-0.4, -0.2) is 28.0 Å². The highest BCUT2D eigenvalue weighted by atomic mass is 79.9. The number of aromatic nitrogens is 1. The molecule has 5 aromatic rings. The molecular formula is C36H31BrN4O3S2. The number of nitrogens with zero attached hydrogens (tertiary/aromatic N) is 1. The molecule has 10 heteroatoms. The molecule has 1 atom stereocenters. The van der Waals surface area contributed by atoms with Crippen LogP contribution in [0.15, 0.2) is 124 Å². The van der Waals surface area contributed by atoms with Crippen molar-refractivity contribution in [1.82, 2.24) is 10.3 Å². The van der Waals surface area contributed by atoms with Crippen molar-refractivity contribution in [1.29, 1.82) is 0 Å². The number of benzene rings is 4. The van der Waals surface area contributed by atoms with E-state index < -0.39 is 11.8 Å². The van der Waals surface area contributed by atoms with Gasteiger partial charge in [0.15, 0.2) is 5.13 Å². The number of anilines is 2. The third kappa shape index (κ3) is 9.03. The minimum atomic E-state index is -0.482. The summed E-state index contributed by atoms with van der Waals surface area (Å²) in [5.41, 5.74) is 4.77. The van der Waals surface area contributed by atoms with Crippen LogP contribution in [0.5, 0.6) is 0 Å². The van der Waals surface area contributed by atoms with E-state index in [2.05, 4.69) is 36.9 Å². The molecule has 0 spiro atoms. The third-order valence-corrected chi connectivity index (χ3v) is 9.41. The number of carbonyl (C=O) groups excluding carboxylic acids is 3. The number of thiazole rings is 1. The average Bonchev–Trinajstić information content (AvgIpc) is 3.52. The highest BCUT2D eigenvalue weighted by Crippen LogP contribution is 2.30. The summed E-state index contributed by atoms with van der Waals surface area (Å²) in [5, 5.41) is 10.7. The van der Waals surface area contributed by atoms with Gasteiger partial charge >= 0.3 is 0 Å². The van der Waals surface area contributed by atoms with Gasteiger partial charge in [0.05, 0.1) is 10.9 Å². The fraction of sp³-hybridized carbons (Fsp3) is 0.111. The van der Waals surface area contributed by atoms with Crippen LogP contribution in [0, 0.1) is 6.92 Å². The zero-order valence-corrected chi connectivity index (χ0v) is 28.3. The summed E-state index contributed by atoms with van der Waals surface area (Å²) in [4.78, 5) is 45.1. The molecule has 0 aliphatic carbocycles. The number of hydrogen-bond donors (Lipinski definition) is 3. The summed E-state index contributed by atoms with van der Waals surface area (Å²) in [7, 11) is 0. The fourth-order valence-corrected chi connectivity index (χ4v) is 6.56. The van der Waals surface area contributed by atoms with Crippen LogP contribution < -0.4 is 16.0 Å². The highest BCUT2D eigenvalue weighted by molar-refractivity contribution is 9.10. The van der Waals surface area contributed by atoms with Crippen molar-refractivity contribution in [3.05, 3.63) is 135 Å². The molecule has 0 aliphatic rings. The van der Waals surface area contributed by atoms with Crippen molar-refractivity contribution in [2.75, 3.05) is 10.6 Å². The molecule has 0 saturated carbocycles. The Morgan fingerprint density at radius 2 is 1.67 bits per heavy atom. The van der Waals surface area contributed by atoms with Gasteiger partial charge in [-0.15, -0.1) is 23.1 Å². The molecule has 5 rings (SSSR count). The van der Waals surface area contributed by atoms with Gasteiger partial charge in [0.1, 0.15) is 5.70 Å². The maximum atomic E-state index is 13.5. The fourth-order valence-electron chi connectivity index (χ4n) is 4.41. The zero-order chi connectivity index (χ0) is 32.5. The number of rotatable bonds is 11. The van der Waals surface area contributed by atoms with Gasteiger partial charge in [-0.1, -0.05) is 89.1 Å². The molecule has 0 radical (unpaired) electrons. The molecule has 1 heterocycles. The standard InChI is InChI=1S/C36H31BrN4O3S2/c1-3-32(35(44)41-36-40-31(22-45-36)25-17-15-23(2)16-18-25)46-29-14-8-13-28(21-29)38-34(43)30(20-24-9-7-12-27(37)19-24)39-33(42)26-10-5-4-6-11-26/h4-22,32H,3H2,1-2H3,(H,38,43)(H,39,42)(H,40,41,44)/b30-20+. The largest absolute Gasteiger partial charge is 0.321 e. The Kier molecular flexibility index (Phi) is 11.2. The lowest BCUT2D eigenvalue weighted by atomic mass is 10.1. The van der Waals surface area contributed by atoms with E-state index in [1.54, 1.807) is 36.4 Å². The Labute approximate surface area is 284 Å². The van der Waals surface area contributed by atoms with E-state index in [4.69, 9.17) is 0 Å². The van der Waals surface area contributed by atoms with E-state index in [0.717, 1.165) is 26.2 Å². The van der Waals surface area contributed by atoms with Gasteiger partial charge in [-0.3, -0.25) is 14.4 Å². The Morgan fingerprint density at radius 1 is 0.913 bits per heavy atom. The third-order valence-electron chi connectivity index (χ3n) is 6.80. The normalized spacial score (nSPS) is 11.8. The molecule has 0 fully saturated rings. The number of thioether (sulfide) groups is 1. The van der Waals surface area contributed by atoms with E-state index in [1.165, 1.54) is 28.7 Å². The SMILES string of the molecule is CCC(Sc1cccc(NC(=O)/C(=C\c2cccc(Br)c2)NC(=O)c2ccccc2)c1)C(=O)Nc1nc(-c2ccc(C)cc2)cs1. The van der Waals surface area contributed by atoms with Crippen LogP contribution in [0.2, 0.25) is 0 Å². The molecule has 1 aromatic heterocycles. The van der Waals surface area contributed by atoms with Crippen molar-refractivity contribution >= 4 is 73.6 Å². The predicted octanol–water partition coefficient (Wildman–Crippen LogP) is 8.80. The maximum Gasteiger partial charge on any atom is 0.272 e. The summed E-state index contributed by atoms with van der Waals surface area (Å²) in [6, 6.07) is 31.5. The van der Waals surface area contributed by atoms with Crippen LogP contribution in [0.4, 0.5) is 10.8 Å². The first-order valence-corrected chi connectivity index (χ1v) is 17.1. The van der Waals surface area contributed by atoms with Gasteiger partial charge < -0.3 is 16.0 Å². The lowest BCUT2D eigenvalue weighted by Gasteiger charge is -2.15. The lowest BCUT2D eigenvalue weighted by Crippen LogP contribution is -2.30. The van der Waals surface area contributed by atoms with E-state index in [1.807, 2.05) is 92.0 Å². The predicted molar refractivity (Wildman–Crippen MR) is 192 cm³/mol. The van der Waals surface area contributed by atoms with Gasteiger partial charge in [0.2, 0.25) is 5.91 Å². The van der Waals surface area contributed by atoms with Crippen LogP contribution in [-0.2, 0) is 9.59 Å². The van der Waals surface area contributed by atoms with Gasteiger partial charge in [0.25, 0.3) is 11.8 Å². The van der Waals surface area contributed by atoms with Crippen LogP contribution in [0.1, 0.15) is 34.8 Å². The minimum Gasteiger partial charge on any atom is -0.321 e. The molecule has 0 bridgehead atoms. The Hall–Kier alpha value is -4.51. The Bertz CT molecular complexity index is 1870. The summed E-state index contributed by atoms with van der Waals surface area (Å²) in [5.74, 6) is -1.02. The average molecular weight is 712 g/mol. The van der Waals surface area contributed by atoms with Gasteiger partial charge in [-0.05, 0) is 67.4 Å². The van der Waals surface area contributed by atoms with Gasteiger partial charge in [0, 0.05) is 31.6 Å². The van der Waals surface area contributed by atoms with Gasteiger partial charge in [-0.25, -0.2) is 4.98 Å². The number of carbonyl (C=O) groups is 3. The summed E-state index contributed by atoms with van der Waals surface area (Å²) in [6.45, 7) is 3.99. The summed E-state index contributed by atoms with van der Waals surface area (Å²) < 4.78 is 0.844. The molecular weight excluding hydrogens is 680 g/mol. The number of hydrogen-bond acceptors (Lipinski definition) is 6. The molecule has 7 nitrogen and oxygen atoms in total. The molecule has 232 valence electrons. The molecule has 0 aliphatic heterocycles. The van der Waals surface area contributed by atoms with E-state index in [9.17, 15) is 14.4 Å². The molecule has 1 unspecified atom stereocenters. The second-order valence-electron chi connectivity index (χ2n) is 10.3. The Morgan fingerprint density at radius 3 is 2.41 bits per heavy atom. The highest BCUT2D eigenvalue weighted by Gasteiger charge is 2.20. The second kappa shape index (κ2) is 15.7. The van der Waals surface area contributed by atoms with Crippen molar-refractivity contribution in [2.24, 2.45) is 0 Å². The quantitative estimate of drug-likeness (QED) is 0.0940. The van der Waals surface area contributed by atoms with Crippen LogP contribution >= 0.6 is 39.0 Å². The first kappa shape index (κ1) is 32.9. The van der Waals surface area contributed by atoms with Crippen LogP contribution in [0.25, 0.3) is 17.3 Å². The number of halogens is 1. The summed E-state index contributed by atoms with van der Waals surface area (Å²) >= 11 is 6.25. The zero-order valence-electron chi connectivity index (χ0n) is 25.1. The van der Waals surface area contributed by atoms with Gasteiger partial charge in [-0.2, -0.15) is 0 Å². The van der Waals surface area contributed by atoms with Crippen LogP contribution in [0.3, 0.4) is 0 Å². The monoisotopic (exact) mass is 710 g/mol. The first-order valence-electron chi connectivity index (χ1n) is 14.5. The minimum absolute atomic E-state index is 0.0873. The number of aryl methyl sites for hydroxylation is 1. The Balaban J connectivity index is 1.27. The second-order valence-corrected chi connectivity index (χ2v) is 13.4. The molecule has 3 amide bonds. The smallest absolute Gasteiger partial charge is 0.272 e. The molecule has 46 heavy (non-hydrogen) atoms. The first-order chi connectivity index (χ1) is 22.3. The molecule has 0 saturated heterocycles.